The standard InChI is InChI=1S/C10H10N2O2S2/c1-5-12-7(4-15-5)6-3-16-9(11)8(6)10(13)14-2/h3-4H,11H2,1-2H3. The summed E-state index contributed by atoms with van der Waals surface area (Å²) in [5.41, 5.74) is 7.69. The summed E-state index contributed by atoms with van der Waals surface area (Å²) in [6, 6.07) is 0. The lowest BCUT2D eigenvalue weighted by molar-refractivity contribution is 0.0603. The van der Waals surface area contributed by atoms with Gasteiger partial charge in [0.2, 0.25) is 0 Å². The van der Waals surface area contributed by atoms with Gasteiger partial charge in [-0.1, -0.05) is 0 Å². The molecule has 0 saturated carbocycles. The first-order valence-electron chi connectivity index (χ1n) is 4.51. The molecule has 0 bridgehead atoms. The van der Waals surface area contributed by atoms with Crippen LogP contribution in [0.4, 0.5) is 5.00 Å². The number of esters is 1. The molecule has 2 aromatic rings. The molecule has 0 unspecified atom stereocenters. The average Bonchev–Trinajstić information content (AvgIpc) is 2.83. The van der Waals surface area contributed by atoms with Crippen molar-refractivity contribution in [3.63, 3.8) is 0 Å². The van der Waals surface area contributed by atoms with E-state index in [1.807, 2.05) is 17.7 Å². The predicted octanol–water partition coefficient (Wildman–Crippen LogP) is 2.55. The Morgan fingerprint density at radius 3 is 2.75 bits per heavy atom. The first-order chi connectivity index (χ1) is 7.63. The number of carbonyl (C=O) groups excluding carboxylic acids is 1. The Morgan fingerprint density at radius 1 is 1.44 bits per heavy atom. The van der Waals surface area contributed by atoms with Gasteiger partial charge in [-0.25, -0.2) is 9.78 Å². The van der Waals surface area contributed by atoms with Gasteiger partial charge in [-0.15, -0.1) is 22.7 Å². The van der Waals surface area contributed by atoms with Crippen LogP contribution in [0.15, 0.2) is 10.8 Å². The summed E-state index contributed by atoms with van der Waals surface area (Å²) in [4.78, 5) is 15.9. The van der Waals surface area contributed by atoms with Gasteiger partial charge >= 0.3 is 5.97 Å². The lowest BCUT2D eigenvalue weighted by Gasteiger charge is -2.00. The molecule has 0 aromatic carbocycles. The maximum Gasteiger partial charge on any atom is 0.341 e. The molecule has 0 radical (unpaired) electrons. The molecule has 6 heteroatoms. The van der Waals surface area contributed by atoms with E-state index in [9.17, 15) is 4.79 Å². The van der Waals surface area contributed by atoms with Crippen LogP contribution in [0.25, 0.3) is 11.3 Å². The Hall–Kier alpha value is -1.40. The van der Waals surface area contributed by atoms with Crippen LogP contribution in [0, 0.1) is 6.92 Å². The van der Waals surface area contributed by atoms with Crippen molar-refractivity contribution >= 4 is 33.6 Å². The minimum atomic E-state index is -0.417. The molecule has 0 amide bonds. The largest absolute Gasteiger partial charge is 0.465 e. The van der Waals surface area contributed by atoms with Crippen LogP contribution < -0.4 is 5.73 Å². The molecular formula is C10H10N2O2S2. The van der Waals surface area contributed by atoms with E-state index < -0.39 is 5.97 Å². The normalized spacial score (nSPS) is 10.4. The fourth-order valence-corrected chi connectivity index (χ4v) is 2.77. The van der Waals surface area contributed by atoms with E-state index >= 15 is 0 Å². The zero-order valence-electron chi connectivity index (χ0n) is 8.81. The number of thiazole rings is 1. The molecule has 4 nitrogen and oxygen atoms in total. The van der Waals surface area contributed by atoms with Crippen molar-refractivity contribution in [3.05, 3.63) is 21.3 Å². The Labute approximate surface area is 101 Å². The minimum absolute atomic E-state index is 0.415. The third-order valence-electron chi connectivity index (χ3n) is 2.10. The Balaban J connectivity index is 2.53. The van der Waals surface area contributed by atoms with E-state index in [0.29, 0.717) is 10.6 Å². The zero-order chi connectivity index (χ0) is 11.7. The van der Waals surface area contributed by atoms with Crippen molar-refractivity contribution in [2.75, 3.05) is 12.8 Å². The molecule has 0 atom stereocenters. The van der Waals surface area contributed by atoms with Gasteiger partial charge in [-0.3, -0.25) is 0 Å². The number of ether oxygens (including phenoxy) is 1. The summed E-state index contributed by atoms with van der Waals surface area (Å²) >= 11 is 2.86. The van der Waals surface area contributed by atoms with Gasteiger partial charge in [0.05, 0.1) is 17.8 Å². The number of carbonyl (C=O) groups is 1. The minimum Gasteiger partial charge on any atom is -0.465 e. The summed E-state index contributed by atoms with van der Waals surface area (Å²) in [5, 5.41) is 5.15. The number of hydrogen-bond acceptors (Lipinski definition) is 6. The molecule has 0 aliphatic rings. The maximum atomic E-state index is 11.6. The van der Waals surface area contributed by atoms with Gasteiger partial charge in [0, 0.05) is 16.3 Å². The molecule has 84 valence electrons. The highest BCUT2D eigenvalue weighted by Gasteiger charge is 2.20. The molecule has 2 aromatic heterocycles. The first-order valence-corrected chi connectivity index (χ1v) is 6.27. The summed E-state index contributed by atoms with van der Waals surface area (Å²) in [6.07, 6.45) is 0. The molecule has 16 heavy (non-hydrogen) atoms. The number of nitrogens with zero attached hydrogens (tertiary/aromatic N) is 1. The van der Waals surface area contributed by atoms with Crippen LogP contribution in [0.1, 0.15) is 15.4 Å². The van der Waals surface area contributed by atoms with Gasteiger partial charge < -0.3 is 10.5 Å². The summed E-state index contributed by atoms with van der Waals surface area (Å²) in [7, 11) is 1.34. The second-order valence-corrected chi connectivity index (χ2v) is 5.11. The van der Waals surface area contributed by atoms with Crippen molar-refractivity contribution in [2.24, 2.45) is 0 Å². The van der Waals surface area contributed by atoms with Crippen molar-refractivity contribution in [3.8, 4) is 11.3 Å². The summed E-state index contributed by atoms with van der Waals surface area (Å²) in [5.74, 6) is -0.417. The van der Waals surface area contributed by atoms with E-state index in [-0.39, 0.29) is 0 Å². The monoisotopic (exact) mass is 254 g/mol. The summed E-state index contributed by atoms with van der Waals surface area (Å²) in [6.45, 7) is 1.92. The second-order valence-electron chi connectivity index (χ2n) is 3.13. The van der Waals surface area contributed by atoms with Crippen molar-refractivity contribution in [1.82, 2.24) is 4.98 Å². The molecule has 2 rings (SSSR count). The number of thiophene rings is 1. The topological polar surface area (TPSA) is 65.2 Å². The fourth-order valence-electron chi connectivity index (χ4n) is 1.36. The first kappa shape index (κ1) is 11.1. The lowest BCUT2D eigenvalue weighted by atomic mass is 10.1. The lowest BCUT2D eigenvalue weighted by Crippen LogP contribution is -2.04. The van der Waals surface area contributed by atoms with E-state index in [0.717, 1.165) is 16.3 Å². The third-order valence-corrected chi connectivity index (χ3v) is 3.69. The van der Waals surface area contributed by atoms with Crippen LogP contribution >= 0.6 is 22.7 Å². The summed E-state index contributed by atoms with van der Waals surface area (Å²) < 4.78 is 4.71. The highest BCUT2D eigenvalue weighted by atomic mass is 32.1. The van der Waals surface area contributed by atoms with Gasteiger partial charge in [-0.05, 0) is 6.92 Å². The van der Waals surface area contributed by atoms with Crippen LogP contribution in [0.3, 0.4) is 0 Å². The second kappa shape index (κ2) is 4.23. The molecule has 0 saturated heterocycles. The third kappa shape index (κ3) is 1.81. The van der Waals surface area contributed by atoms with E-state index in [1.54, 1.807) is 0 Å². The molecule has 0 spiro atoms. The zero-order valence-corrected chi connectivity index (χ0v) is 10.4. The number of nitrogens with two attached hydrogens (primary N) is 1. The number of anilines is 1. The molecule has 2 heterocycles. The SMILES string of the molecule is COC(=O)c1c(-c2csc(C)n2)csc1N. The number of aromatic nitrogens is 1. The van der Waals surface area contributed by atoms with Gasteiger partial charge in [0.1, 0.15) is 10.6 Å². The average molecular weight is 254 g/mol. The quantitative estimate of drug-likeness (QED) is 0.836. The van der Waals surface area contributed by atoms with Gasteiger partial charge in [0.15, 0.2) is 0 Å². The van der Waals surface area contributed by atoms with Crippen LogP contribution in [0.2, 0.25) is 0 Å². The molecule has 2 N–H and O–H groups in total. The molecule has 0 aliphatic heterocycles. The highest BCUT2D eigenvalue weighted by molar-refractivity contribution is 7.15. The number of nitrogen functional groups attached to an aromatic ring is 1. The molecule has 0 aliphatic carbocycles. The predicted molar refractivity (Wildman–Crippen MR) is 65.9 cm³/mol. The Morgan fingerprint density at radius 2 is 2.19 bits per heavy atom. The van der Waals surface area contributed by atoms with Crippen LogP contribution in [0.5, 0.6) is 0 Å². The Bertz CT molecular complexity index is 531. The maximum absolute atomic E-state index is 11.6. The van der Waals surface area contributed by atoms with Crippen molar-refractivity contribution < 1.29 is 9.53 Å². The Kier molecular flexibility index (Phi) is 2.93. The number of rotatable bonds is 2. The van der Waals surface area contributed by atoms with E-state index in [1.165, 1.54) is 29.8 Å². The van der Waals surface area contributed by atoms with E-state index in [4.69, 9.17) is 10.5 Å². The number of hydrogen-bond donors (Lipinski definition) is 1. The highest BCUT2D eigenvalue weighted by Crippen LogP contribution is 2.34. The van der Waals surface area contributed by atoms with Gasteiger partial charge in [-0.2, -0.15) is 0 Å². The van der Waals surface area contributed by atoms with Crippen LogP contribution in [-0.4, -0.2) is 18.1 Å². The van der Waals surface area contributed by atoms with Crippen molar-refractivity contribution in [1.29, 1.82) is 0 Å². The number of methoxy groups -OCH3 is 1. The fraction of sp³-hybridized carbons (Fsp3) is 0.200. The number of aryl methyl sites for hydroxylation is 1. The van der Waals surface area contributed by atoms with Crippen LogP contribution in [-0.2, 0) is 4.74 Å². The molecule has 0 fully saturated rings. The van der Waals surface area contributed by atoms with Gasteiger partial charge in [0.25, 0.3) is 0 Å². The smallest absolute Gasteiger partial charge is 0.341 e. The molecular weight excluding hydrogens is 244 g/mol. The van der Waals surface area contributed by atoms with E-state index in [2.05, 4.69) is 4.98 Å². The van der Waals surface area contributed by atoms with Crippen molar-refractivity contribution in [2.45, 2.75) is 6.92 Å².